The molecule has 0 bridgehead atoms. The summed E-state index contributed by atoms with van der Waals surface area (Å²) in [5.74, 6) is 0. The van der Waals surface area contributed by atoms with Gasteiger partial charge in [0.2, 0.25) is 0 Å². The van der Waals surface area contributed by atoms with Crippen LogP contribution in [0.5, 0.6) is 0 Å². The Morgan fingerprint density at radius 2 is 1.95 bits per heavy atom. The number of hydrogen-bond donors (Lipinski definition) is 1. The van der Waals surface area contributed by atoms with Crippen molar-refractivity contribution in [2.24, 2.45) is 0 Å². The number of rotatable bonds is 3. The van der Waals surface area contributed by atoms with Crippen LogP contribution in [0.2, 0.25) is 0 Å². The molecule has 2 fully saturated rings. The molecular weight excluding hydrogens is 328 g/mol. The van der Waals surface area contributed by atoms with Gasteiger partial charge in [0.25, 0.3) is 0 Å². The van der Waals surface area contributed by atoms with Crippen molar-refractivity contribution >= 4 is 15.9 Å². The summed E-state index contributed by atoms with van der Waals surface area (Å²) < 4.78 is 7.09. The predicted octanol–water partition coefficient (Wildman–Crippen LogP) is 2.83. The van der Waals surface area contributed by atoms with Gasteiger partial charge in [-0.3, -0.25) is 4.90 Å². The molecule has 1 unspecified atom stereocenters. The standard InChI is InChI=1S/C17H25BrN2O/c1-13-11-20(16-6-8-19-9-7-16)17(12-21-13)10-14-2-4-15(18)5-3-14/h2-5,13,16-17,19H,6-12H2,1H3/t13-,17?/m0/s1. The third-order valence-corrected chi connectivity index (χ3v) is 5.20. The monoisotopic (exact) mass is 352 g/mol. The molecule has 0 radical (unpaired) electrons. The SMILES string of the molecule is C[C@H]1CN(C2CCNCC2)C(Cc2ccc(Br)cc2)CO1. The summed E-state index contributed by atoms with van der Waals surface area (Å²) in [6.07, 6.45) is 3.98. The lowest BCUT2D eigenvalue weighted by Crippen LogP contribution is -2.56. The molecule has 3 nitrogen and oxygen atoms in total. The molecule has 2 atom stereocenters. The quantitative estimate of drug-likeness (QED) is 0.905. The second kappa shape index (κ2) is 7.23. The summed E-state index contributed by atoms with van der Waals surface area (Å²) in [7, 11) is 0. The topological polar surface area (TPSA) is 24.5 Å². The van der Waals surface area contributed by atoms with Gasteiger partial charge in [-0.15, -0.1) is 0 Å². The van der Waals surface area contributed by atoms with Gasteiger partial charge in [-0.25, -0.2) is 0 Å². The summed E-state index contributed by atoms with van der Waals surface area (Å²) in [6, 6.07) is 9.96. The number of nitrogens with one attached hydrogen (secondary N) is 1. The zero-order valence-corrected chi connectivity index (χ0v) is 14.3. The Morgan fingerprint density at radius 1 is 1.24 bits per heavy atom. The molecule has 3 rings (SSSR count). The van der Waals surface area contributed by atoms with E-state index in [0.717, 1.165) is 43.2 Å². The zero-order chi connectivity index (χ0) is 14.7. The minimum absolute atomic E-state index is 0.362. The molecule has 0 spiro atoms. The van der Waals surface area contributed by atoms with Gasteiger partial charge < -0.3 is 10.1 Å². The zero-order valence-electron chi connectivity index (χ0n) is 12.7. The van der Waals surface area contributed by atoms with Crippen LogP contribution in [0.25, 0.3) is 0 Å². The van der Waals surface area contributed by atoms with Crippen LogP contribution in [-0.2, 0) is 11.2 Å². The van der Waals surface area contributed by atoms with E-state index in [4.69, 9.17) is 4.74 Å². The molecule has 1 aromatic carbocycles. The molecule has 2 aliphatic rings. The molecule has 0 aromatic heterocycles. The minimum Gasteiger partial charge on any atom is -0.376 e. The van der Waals surface area contributed by atoms with Gasteiger partial charge in [0.1, 0.15) is 0 Å². The predicted molar refractivity (Wildman–Crippen MR) is 89.6 cm³/mol. The van der Waals surface area contributed by atoms with Crippen LogP contribution in [-0.4, -0.2) is 49.3 Å². The Bertz CT molecular complexity index is 445. The van der Waals surface area contributed by atoms with Crippen LogP contribution in [0.1, 0.15) is 25.3 Å². The second-order valence-electron chi connectivity index (χ2n) is 6.31. The first-order valence-corrected chi connectivity index (χ1v) is 8.84. The van der Waals surface area contributed by atoms with Gasteiger partial charge in [-0.2, -0.15) is 0 Å². The summed E-state index contributed by atoms with van der Waals surface area (Å²) in [6.45, 7) is 6.44. The van der Waals surface area contributed by atoms with Crippen LogP contribution in [0.3, 0.4) is 0 Å². The van der Waals surface area contributed by atoms with E-state index in [-0.39, 0.29) is 0 Å². The Kier molecular flexibility index (Phi) is 5.33. The average Bonchev–Trinajstić information content (AvgIpc) is 2.52. The first kappa shape index (κ1) is 15.5. The van der Waals surface area contributed by atoms with Crippen LogP contribution < -0.4 is 5.32 Å². The number of benzene rings is 1. The number of piperidine rings is 1. The number of morpholine rings is 1. The van der Waals surface area contributed by atoms with E-state index in [9.17, 15) is 0 Å². The molecule has 0 amide bonds. The van der Waals surface area contributed by atoms with Crippen molar-refractivity contribution in [1.29, 1.82) is 0 Å². The van der Waals surface area contributed by atoms with Gasteiger partial charge in [0, 0.05) is 23.1 Å². The van der Waals surface area contributed by atoms with Gasteiger partial charge in [-0.1, -0.05) is 28.1 Å². The largest absolute Gasteiger partial charge is 0.376 e. The van der Waals surface area contributed by atoms with Crippen molar-refractivity contribution in [3.8, 4) is 0 Å². The first-order valence-electron chi connectivity index (χ1n) is 8.05. The number of halogens is 1. The van der Waals surface area contributed by atoms with Gasteiger partial charge in [0.15, 0.2) is 0 Å². The van der Waals surface area contributed by atoms with Crippen molar-refractivity contribution in [3.63, 3.8) is 0 Å². The van der Waals surface area contributed by atoms with E-state index in [1.54, 1.807) is 0 Å². The van der Waals surface area contributed by atoms with Crippen LogP contribution >= 0.6 is 15.9 Å². The van der Waals surface area contributed by atoms with Crippen LogP contribution in [0, 0.1) is 0 Å². The highest BCUT2D eigenvalue weighted by Gasteiger charge is 2.32. The Labute approximate surface area is 136 Å². The Morgan fingerprint density at radius 3 is 2.67 bits per heavy atom. The maximum atomic E-state index is 5.94. The van der Waals surface area contributed by atoms with Crippen molar-refractivity contribution in [2.75, 3.05) is 26.2 Å². The highest BCUT2D eigenvalue weighted by Crippen LogP contribution is 2.23. The van der Waals surface area contributed by atoms with E-state index >= 15 is 0 Å². The van der Waals surface area contributed by atoms with E-state index in [1.807, 2.05) is 0 Å². The molecular formula is C17H25BrN2O. The van der Waals surface area contributed by atoms with Crippen molar-refractivity contribution in [2.45, 2.75) is 44.4 Å². The van der Waals surface area contributed by atoms with Crippen LogP contribution in [0.15, 0.2) is 28.7 Å². The van der Waals surface area contributed by atoms with E-state index in [0.29, 0.717) is 12.1 Å². The third kappa shape index (κ3) is 4.07. The molecule has 0 aliphatic carbocycles. The molecule has 116 valence electrons. The molecule has 21 heavy (non-hydrogen) atoms. The van der Waals surface area contributed by atoms with Gasteiger partial charge >= 0.3 is 0 Å². The molecule has 2 saturated heterocycles. The minimum atomic E-state index is 0.362. The van der Waals surface area contributed by atoms with Crippen LogP contribution in [0.4, 0.5) is 0 Å². The van der Waals surface area contributed by atoms with E-state index < -0.39 is 0 Å². The fourth-order valence-corrected chi connectivity index (χ4v) is 3.79. The summed E-state index contributed by atoms with van der Waals surface area (Å²) in [5.41, 5.74) is 1.40. The maximum Gasteiger partial charge on any atom is 0.0674 e. The first-order chi connectivity index (χ1) is 10.2. The van der Waals surface area contributed by atoms with E-state index in [2.05, 4.69) is 57.3 Å². The normalized spacial score (nSPS) is 28.7. The molecule has 4 heteroatoms. The average molecular weight is 353 g/mol. The Hall–Kier alpha value is -0.420. The summed E-state index contributed by atoms with van der Waals surface area (Å²) >= 11 is 3.51. The smallest absolute Gasteiger partial charge is 0.0674 e. The number of hydrogen-bond acceptors (Lipinski definition) is 3. The highest BCUT2D eigenvalue weighted by molar-refractivity contribution is 9.10. The van der Waals surface area contributed by atoms with Gasteiger partial charge in [-0.05, 0) is 57.0 Å². The second-order valence-corrected chi connectivity index (χ2v) is 7.22. The fourth-order valence-electron chi connectivity index (χ4n) is 3.52. The summed E-state index contributed by atoms with van der Waals surface area (Å²) in [5, 5.41) is 3.47. The Balaban J connectivity index is 1.69. The van der Waals surface area contributed by atoms with Gasteiger partial charge in [0.05, 0.1) is 12.7 Å². The number of ether oxygens (including phenoxy) is 1. The molecule has 2 aliphatic heterocycles. The van der Waals surface area contributed by atoms with E-state index in [1.165, 1.54) is 18.4 Å². The maximum absolute atomic E-state index is 5.94. The lowest BCUT2D eigenvalue weighted by atomic mass is 9.97. The summed E-state index contributed by atoms with van der Waals surface area (Å²) in [4.78, 5) is 2.72. The van der Waals surface area contributed by atoms with Crippen molar-refractivity contribution in [3.05, 3.63) is 34.3 Å². The fraction of sp³-hybridized carbons (Fsp3) is 0.647. The molecule has 1 N–H and O–H groups in total. The third-order valence-electron chi connectivity index (χ3n) is 4.67. The number of nitrogens with zero attached hydrogens (tertiary/aromatic N) is 1. The lowest BCUT2D eigenvalue weighted by Gasteiger charge is -2.45. The molecule has 2 heterocycles. The lowest BCUT2D eigenvalue weighted by molar-refractivity contribution is -0.0752. The van der Waals surface area contributed by atoms with Crippen molar-refractivity contribution < 1.29 is 4.74 Å². The van der Waals surface area contributed by atoms with Crippen molar-refractivity contribution in [1.82, 2.24) is 10.2 Å². The molecule has 0 saturated carbocycles. The molecule has 1 aromatic rings. The highest BCUT2D eigenvalue weighted by atomic mass is 79.9.